The summed E-state index contributed by atoms with van der Waals surface area (Å²) < 4.78 is 5.51. The molecule has 0 unspecified atom stereocenters. The smallest absolute Gasteiger partial charge is 0.193 e. The molecule has 3 nitrogen and oxygen atoms in total. The van der Waals surface area contributed by atoms with Crippen molar-refractivity contribution in [2.45, 2.75) is 12.5 Å². The van der Waals surface area contributed by atoms with E-state index in [9.17, 15) is 0 Å². The van der Waals surface area contributed by atoms with Crippen LogP contribution < -0.4 is 5.32 Å². The Labute approximate surface area is 125 Å². The molecule has 18 heavy (non-hydrogen) atoms. The molecule has 1 aliphatic heterocycles. The maximum atomic E-state index is 5.82. The summed E-state index contributed by atoms with van der Waals surface area (Å²) >= 11 is 5.82. The van der Waals surface area contributed by atoms with Crippen molar-refractivity contribution in [3.63, 3.8) is 0 Å². The van der Waals surface area contributed by atoms with Crippen LogP contribution in [0.25, 0.3) is 0 Å². The largest absolute Gasteiger partial charge is 0.448 e. The first kappa shape index (κ1) is 17.8. The third-order valence-electron chi connectivity index (χ3n) is 2.90. The van der Waals surface area contributed by atoms with Gasteiger partial charge in [-0.25, -0.2) is 0 Å². The van der Waals surface area contributed by atoms with Crippen molar-refractivity contribution < 1.29 is 4.42 Å². The van der Waals surface area contributed by atoms with Gasteiger partial charge >= 0.3 is 0 Å². The van der Waals surface area contributed by atoms with Crippen LogP contribution in [0.4, 0.5) is 0 Å². The zero-order chi connectivity index (χ0) is 11.4. The van der Waals surface area contributed by atoms with Crippen LogP contribution in [0.15, 0.2) is 29.2 Å². The van der Waals surface area contributed by atoms with Gasteiger partial charge in [0.05, 0.1) is 6.04 Å². The number of rotatable bonds is 4. The molecular weight excluding hydrogens is 295 g/mol. The number of nitrogens with zero attached hydrogens (tertiary/aromatic N) is 1. The van der Waals surface area contributed by atoms with Gasteiger partial charge in [0, 0.05) is 26.2 Å². The van der Waals surface area contributed by atoms with E-state index in [1.54, 1.807) is 6.07 Å². The summed E-state index contributed by atoms with van der Waals surface area (Å²) in [4.78, 5) is 2.41. The summed E-state index contributed by atoms with van der Waals surface area (Å²) in [7, 11) is 0. The molecule has 1 atom stereocenters. The molecule has 1 aliphatic rings. The van der Waals surface area contributed by atoms with E-state index in [0.29, 0.717) is 5.22 Å². The van der Waals surface area contributed by atoms with Gasteiger partial charge in [-0.05, 0) is 30.2 Å². The summed E-state index contributed by atoms with van der Waals surface area (Å²) in [6.07, 6.45) is 2.83. The number of halogens is 3. The predicted molar refractivity (Wildman–Crippen MR) is 80.2 cm³/mol. The number of nitrogens with one attached hydrogen (secondary N) is 1. The fourth-order valence-electron chi connectivity index (χ4n) is 2.10. The fourth-order valence-corrected chi connectivity index (χ4v) is 2.26. The fraction of sp³-hybridized carbons (Fsp3) is 0.500. The Hall–Kier alpha value is -0.190. The quantitative estimate of drug-likeness (QED) is 0.865. The van der Waals surface area contributed by atoms with Crippen LogP contribution in [0.1, 0.15) is 18.2 Å². The molecule has 0 radical (unpaired) electrons. The van der Waals surface area contributed by atoms with Crippen LogP contribution in [0.5, 0.6) is 0 Å². The second-order valence-corrected chi connectivity index (χ2v) is 4.34. The molecule has 2 heterocycles. The van der Waals surface area contributed by atoms with Crippen molar-refractivity contribution in [3.05, 3.63) is 35.8 Å². The van der Waals surface area contributed by atoms with E-state index in [1.165, 1.54) is 0 Å². The summed E-state index contributed by atoms with van der Waals surface area (Å²) in [6.45, 7) is 7.95. The second-order valence-electron chi connectivity index (χ2n) is 3.97. The van der Waals surface area contributed by atoms with E-state index in [1.807, 2.05) is 12.1 Å². The average Bonchev–Trinajstić information content (AvgIpc) is 2.74. The van der Waals surface area contributed by atoms with Crippen molar-refractivity contribution >= 4 is 36.4 Å². The van der Waals surface area contributed by atoms with Crippen molar-refractivity contribution in [3.8, 4) is 0 Å². The van der Waals surface area contributed by atoms with Crippen LogP contribution in [0, 0.1) is 0 Å². The Morgan fingerprint density at radius 1 is 1.39 bits per heavy atom. The normalized spacial score (nSPS) is 17.4. The van der Waals surface area contributed by atoms with E-state index in [2.05, 4.69) is 16.8 Å². The highest BCUT2D eigenvalue weighted by Gasteiger charge is 2.23. The van der Waals surface area contributed by atoms with Gasteiger partial charge in [0.2, 0.25) is 0 Å². The van der Waals surface area contributed by atoms with E-state index < -0.39 is 0 Å². The van der Waals surface area contributed by atoms with Gasteiger partial charge in [0.1, 0.15) is 5.76 Å². The zero-order valence-electron chi connectivity index (χ0n) is 10.1. The molecule has 2 rings (SSSR count). The Morgan fingerprint density at radius 3 is 2.56 bits per heavy atom. The summed E-state index contributed by atoms with van der Waals surface area (Å²) in [5.41, 5.74) is 0. The molecule has 0 amide bonds. The molecule has 0 saturated carbocycles. The number of furan rings is 1. The minimum atomic E-state index is 0. The van der Waals surface area contributed by atoms with Gasteiger partial charge in [-0.3, -0.25) is 4.90 Å². The molecule has 0 aromatic carbocycles. The van der Waals surface area contributed by atoms with E-state index in [-0.39, 0.29) is 30.9 Å². The number of piperazine rings is 1. The molecule has 1 aromatic heterocycles. The molecule has 104 valence electrons. The monoisotopic (exact) mass is 312 g/mol. The highest BCUT2D eigenvalue weighted by atomic mass is 35.5. The van der Waals surface area contributed by atoms with Gasteiger partial charge < -0.3 is 9.73 Å². The molecular formula is C12H19Cl3N2O. The maximum absolute atomic E-state index is 5.82. The first-order chi connectivity index (χ1) is 7.81. The molecule has 1 aromatic rings. The minimum absolute atomic E-state index is 0. The van der Waals surface area contributed by atoms with Gasteiger partial charge in [-0.15, -0.1) is 31.4 Å². The van der Waals surface area contributed by atoms with Crippen LogP contribution >= 0.6 is 36.4 Å². The summed E-state index contributed by atoms with van der Waals surface area (Å²) in [6, 6.07) is 4.03. The van der Waals surface area contributed by atoms with Crippen molar-refractivity contribution in [1.29, 1.82) is 0 Å². The Kier molecular flexibility index (Phi) is 8.74. The van der Waals surface area contributed by atoms with Crippen molar-refractivity contribution in [2.75, 3.05) is 26.2 Å². The average molecular weight is 314 g/mol. The number of hydrogen-bond donors (Lipinski definition) is 1. The Morgan fingerprint density at radius 2 is 2.06 bits per heavy atom. The van der Waals surface area contributed by atoms with Crippen LogP contribution in [-0.2, 0) is 0 Å². The summed E-state index contributed by atoms with van der Waals surface area (Å²) in [5.74, 6) is 0.937. The van der Waals surface area contributed by atoms with Crippen molar-refractivity contribution in [2.24, 2.45) is 0 Å². The molecule has 0 spiro atoms. The standard InChI is InChI=1S/C12H17ClN2O.2ClH/c1-2-3-10(11-4-5-12(13)16-11)15-8-6-14-7-9-15;;/h2,4-5,10,14H,1,3,6-9H2;2*1H/t10-;;/m0../s1. The second kappa shape index (κ2) is 8.83. The van der Waals surface area contributed by atoms with Crippen LogP contribution in [-0.4, -0.2) is 31.1 Å². The zero-order valence-corrected chi connectivity index (χ0v) is 12.5. The van der Waals surface area contributed by atoms with Gasteiger partial charge in [-0.1, -0.05) is 6.08 Å². The topological polar surface area (TPSA) is 28.4 Å². The van der Waals surface area contributed by atoms with Crippen LogP contribution in [0.2, 0.25) is 5.22 Å². The maximum Gasteiger partial charge on any atom is 0.193 e. The highest BCUT2D eigenvalue weighted by molar-refractivity contribution is 6.28. The SMILES string of the molecule is C=CC[C@@H](c1ccc(Cl)o1)N1CCNCC1.Cl.Cl. The minimum Gasteiger partial charge on any atom is -0.448 e. The Bertz CT molecular complexity index is 351. The molecule has 6 heteroatoms. The molecule has 1 saturated heterocycles. The number of hydrogen-bond acceptors (Lipinski definition) is 3. The molecule has 0 aliphatic carbocycles. The Balaban J connectivity index is 0.00000144. The lowest BCUT2D eigenvalue weighted by Gasteiger charge is -2.33. The van der Waals surface area contributed by atoms with E-state index in [0.717, 1.165) is 38.4 Å². The van der Waals surface area contributed by atoms with Crippen LogP contribution in [0.3, 0.4) is 0 Å². The first-order valence-electron chi connectivity index (χ1n) is 5.62. The lowest BCUT2D eigenvalue weighted by Crippen LogP contribution is -2.45. The third kappa shape index (κ3) is 4.48. The van der Waals surface area contributed by atoms with Gasteiger partial charge in [-0.2, -0.15) is 0 Å². The van der Waals surface area contributed by atoms with Gasteiger partial charge in [0.25, 0.3) is 0 Å². The third-order valence-corrected chi connectivity index (χ3v) is 3.11. The summed E-state index contributed by atoms with van der Waals surface area (Å²) in [5, 5.41) is 3.80. The van der Waals surface area contributed by atoms with Gasteiger partial charge in [0.15, 0.2) is 5.22 Å². The lowest BCUT2D eigenvalue weighted by molar-refractivity contribution is 0.156. The first-order valence-corrected chi connectivity index (χ1v) is 6.00. The lowest BCUT2D eigenvalue weighted by atomic mass is 10.1. The van der Waals surface area contributed by atoms with E-state index in [4.69, 9.17) is 16.0 Å². The molecule has 1 N–H and O–H groups in total. The van der Waals surface area contributed by atoms with Crippen molar-refractivity contribution in [1.82, 2.24) is 10.2 Å². The molecule has 1 fully saturated rings. The molecule has 0 bridgehead atoms. The highest BCUT2D eigenvalue weighted by Crippen LogP contribution is 2.28. The van der Waals surface area contributed by atoms with E-state index >= 15 is 0 Å². The predicted octanol–water partition coefficient (Wildman–Crippen LogP) is 3.30.